The van der Waals surface area contributed by atoms with Gasteiger partial charge in [-0.05, 0) is 30.3 Å². The Labute approximate surface area is 136 Å². The van der Waals surface area contributed by atoms with Crippen LogP contribution in [-0.4, -0.2) is 23.9 Å². The summed E-state index contributed by atoms with van der Waals surface area (Å²) in [4.78, 5) is 24.2. The molecule has 5 nitrogen and oxygen atoms in total. The average molecular weight is 337 g/mol. The molecular formula is C15H10Cl2N2O3. The number of carbonyl (C=O) groups is 2. The SMILES string of the molecule is CN1C(=O)NC(=Cc2ccc(-c3ccc(Cl)cc3Cl)o2)C1=O. The molecule has 3 rings (SSSR count). The van der Waals surface area contributed by atoms with Gasteiger partial charge in [0.2, 0.25) is 0 Å². The number of likely N-dealkylation sites (N-methyl/N-ethyl adjacent to an activating group) is 1. The monoisotopic (exact) mass is 336 g/mol. The molecule has 0 atom stereocenters. The van der Waals surface area contributed by atoms with E-state index in [0.717, 1.165) is 4.90 Å². The summed E-state index contributed by atoms with van der Waals surface area (Å²) in [6.07, 6.45) is 1.47. The lowest BCUT2D eigenvalue weighted by atomic mass is 10.2. The zero-order valence-corrected chi connectivity index (χ0v) is 12.9. The van der Waals surface area contributed by atoms with Crippen molar-refractivity contribution in [2.45, 2.75) is 0 Å². The molecule has 1 fully saturated rings. The first kappa shape index (κ1) is 14.7. The number of nitrogens with zero attached hydrogens (tertiary/aromatic N) is 1. The number of nitrogens with one attached hydrogen (secondary N) is 1. The summed E-state index contributed by atoms with van der Waals surface area (Å²) in [5.41, 5.74) is 0.852. The molecule has 1 aliphatic rings. The molecule has 22 heavy (non-hydrogen) atoms. The molecule has 2 aromatic rings. The van der Waals surface area contributed by atoms with Gasteiger partial charge in [0.05, 0.1) is 5.02 Å². The molecule has 3 amide bonds. The predicted molar refractivity (Wildman–Crippen MR) is 83.4 cm³/mol. The number of hydrogen-bond acceptors (Lipinski definition) is 3. The van der Waals surface area contributed by atoms with Crippen molar-refractivity contribution < 1.29 is 14.0 Å². The van der Waals surface area contributed by atoms with E-state index >= 15 is 0 Å². The predicted octanol–water partition coefficient (Wildman–Crippen LogP) is 3.78. The molecule has 0 aliphatic carbocycles. The van der Waals surface area contributed by atoms with Crippen LogP contribution in [0, 0.1) is 0 Å². The topological polar surface area (TPSA) is 62.6 Å². The van der Waals surface area contributed by atoms with Crippen LogP contribution in [0.25, 0.3) is 17.4 Å². The second-order valence-electron chi connectivity index (χ2n) is 4.68. The molecule has 1 aromatic heterocycles. The van der Waals surface area contributed by atoms with Crippen LogP contribution in [0.1, 0.15) is 5.76 Å². The van der Waals surface area contributed by atoms with Crippen molar-refractivity contribution >= 4 is 41.2 Å². The average Bonchev–Trinajstić information content (AvgIpc) is 3.01. The standard InChI is InChI=1S/C15H10Cl2N2O3/c1-19-14(20)12(18-15(19)21)7-9-3-5-13(22-9)10-4-2-8(16)6-11(10)17/h2-7H,1H3,(H,18,21). The van der Waals surface area contributed by atoms with E-state index in [1.165, 1.54) is 13.1 Å². The number of amides is 3. The first-order chi connectivity index (χ1) is 10.5. The van der Waals surface area contributed by atoms with E-state index in [2.05, 4.69) is 5.32 Å². The van der Waals surface area contributed by atoms with Crippen molar-refractivity contribution in [1.82, 2.24) is 10.2 Å². The fourth-order valence-electron chi connectivity index (χ4n) is 2.03. The number of furan rings is 1. The van der Waals surface area contributed by atoms with E-state index in [1.807, 2.05) is 0 Å². The van der Waals surface area contributed by atoms with Gasteiger partial charge in [-0.25, -0.2) is 4.79 Å². The van der Waals surface area contributed by atoms with Crippen molar-refractivity contribution in [3.05, 3.63) is 51.8 Å². The van der Waals surface area contributed by atoms with Crippen LogP contribution < -0.4 is 5.32 Å². The van der Waals surface area contributed by atoms with Crippen molar-refractivity contribution in [2.24, 2.45) is 0 Å². The second kappa shape index (κ2) is 5.51. The largest absolute Gasteiger partial charge is 0.457 e. The van der Waals surface area contributed by atoms with Crippen LogP contribution in [0.5, 0.6) is 0 Å². The number of imide groups is 1. The van der Waals surface area contributed by atoms with Crippen LogP contribution >= 0.6 is 23.2 Å². The first-order valence-corrected chi connectivity index (χ1v) is 7.07. The molecule has 7 heteroatoms. The van der Waals surface area contributed by atoms with Gasteiger partial charge < -0.3 is 9.73 Å². The zero-order chi connectivity index (χ0) is 15.9. The Morgan fingerprint density at radius 3 is 2.59 bits per heavy atom. The molecule has 112 valence electrons. The highest BCUT2D eigenvalue weighted by Gasteiger charge is 2.30. The van der Waals surface area contributed by atoms with Crippen LogP contribution in [0.2, 0.25) is 10.0 Å². The maximum Gasteiger partial charge on any atom is 0.328 e. The summed E-state index contributed by atoms with van der Waals surface area (Å²) in [5, 5.41) is 3.46. The summed E-state index contributed by atoms with van der Waals surface area (Å²) in [6.45, 7) is 0. The van der Waals surface area contributed by atoms with E-state index < -0.39 is 11.9 Å². The molecule has 0 saturated carbocycles. The fraction of sp³-hybridized carbons (Fsp3) is 0.0667. The molecule has 1 aliphatic heterocycles. The Balaban J connectivity index is 1.92. The first-order valence-electron chi connectivity index (χ1n) is 6.31. The second-order valence-corrected chi connectivity index (χ2v) is 5.52. The van der Waals surface area contributed by atoms with Gasteiger partial charge in [0.15, 0.2) is 0 Å². The molecule has 2 heterocycles. The van der Waals surface area contributed by atoms with Gasteiger partial charge in [0.25, 0.3) is 5.91 Å². The number of rotatable bonds is 2. The molecule has 1 saturated heterocycles. The highest BCUT2D eigenvalue weighted by Crippen LogP contribution is 2.32. The Bertz CT molecular complexity index is 811. The van der Waals surface area contributed by atoms with E-state index in [9.17, 15) is 9.59 Å². The van der Waals surface area contributed by atoms with Gasteiger partial charge in [0, 0.05) is 23.7 Å². The molecule has 1 aromatic carbocycles. The highest BCUT2D eigenvalue weighted by molar-refractivity contribution is 6.36. The summed E-state index contributed by atoms with van der Waals surface area (Å²) < 4.78 is 5.65. The summed E-state index contributed by atoms with van der Waals surface area (Å²) in [7, 11) is 1.40. The van der Waals surface area contributed by atoms with Gasteiger partial charge in [-0.2, -0.15) is 0 Å². The smallest absolute Gasteiger partial charge is 0.328 e. The van der Waals surface area contributed by atoms with Gasteiger partial charge >= 0.3 is 6.03 Å². The van der Waals surface area contributed by atoms with Gasteiger partial charge in [-0.3, -0.25) is 9.69 Å². The Morgan fingerprint density at radius 2 is 1.95 bits per heavy atom. The van der Waals surface area contributed by atoms with Crippen molar-refractivity contribution in [3.63, 3.8) is 0 Å². The van der Waals surface area contributed by atoms with Crippen LogP contribution in [0.3, 0.4) is 0 Å². The van der Waals surface area contributed by atoms with Crippen LogP contribution in [0.4, 0.5) is 4.79 Å². The minimum absolute atomic E-state index is 0.163. The Morgan fingerprint density at radius 1 is 1.18 bits per heavy atom. The summed E-state index contributed by atoms with van der Waals surface area (Å²) >= 11 is 12.0. The normalized spacial score (nSPS) is 16.5. The Kier molecular flexibility index (Phi) is 3.68. The summed E-state index contributed by atoms with van der Waals surface area (Å²) in [5.74, 6) is 0.561. The number of hydrogen-bond donors (Lipinski definition) is 1. The zero-order valence-electron chi connectivity index (χ0n) is 11.4. The van der Waals surface area contributed by atoms with Crippen molar-refractivity contribution in [3.8, 4) is 11.3 Å². The number of benzene rings is 1. The molecule has 1 N–H and O–H groups in total. The molecular weight excluding hydrogens is 327 g/mol. The lowest BCUT2D eigenvalue weighted by Gasteiger charge is -2.01. The lowest BCUT2D eigenvalue weighted by Crippen LogP contribution is -2.25. The van der Waals surface area contributed by atoms with Gasteiger partial charge in [0.1, 0.15) is 17.2 Å². The van der Waals surface area contributed by atoms with E-state index in [-0.39, 0.29) is 5.70 Å². The summed E-state index contributed by atoms with van der Waals surface area (Å²) in [6, 6.07) is 8.02. The maximum atomic E-state index is 11.8. The fourth-order valence-corrected chi connectivity index (χ4v) is 2.53. The third-order valence-electron chi connectivity index (χ3n) is 3.19. The molecule has 0 unspecified atom stereocenters. The van der Waals surface area contributed by atoms with E-state index in [0.29, 0.717) is 27.1 Å². The van der Waals surface area contributed by atoms with Gasteiger partial charge in [-0.15, -0.1) is 0 Å². The quantitative estimate of drug-likeness (QED) is 0.670. The van der Waals surface area contributed by atoms with E-state index in [4.69, 9.17) is 27.6 Å². The highest BCUT2D eigenvalue weighted by atomic mass is 35.5. The molecule has 0 spiro atoms. The van der Waals surface area contributed by atoms with Crippen molar-refractivity contribution in [2.75, 3.05) is 7.05 Å². The number of urea groups is 1. The number of halogens is 2. The molecule has 0 bridgehead atoms. The van der Waals surface area contributed by atoms with E-state index in [1.54, 1.807) is 30.3 Å². The number of carbonyl (C=O) groups excluding carboxylic acids is 2. The lowest BCUT2D eigenvalue weighted by molar-refractivity contribution is -0.121. The van der Waals surface area contributed by atoms with Gasteiger partial charge in [-0.1, -0.05) is 23.2 Å². The minimum atomic E-state index is -0.469. The minimum Gasteiger partial charge on any atom is -0.457 e. The third-order valence-corrected chi connectivity index (χ3v) is 3.74. The Hall–Kier alpha value is -2.24. The van der Waals surface area contributed by atoms with Crippen molar-refractivity contribution in [1.29, 1.82) is 0 Å². The van der Waals surface area contributed by atoms with Crippen LogP contribution in [-0.2, 0) is 4.79 Å². The molecule has 0 radical (unpaired) electrons. The third kappa shape index (κ3) is 2.61. The van der Waals surface area contributed by atoms with Crippen LogP contribution in [0.15, 0.2) is 40.4 Å². The maximum absolute atomic E-state index is 11.8.